The molecular formula is C18H21ClN2O4S2. The van der Waals surface area contributed by atoms with Gasteiger partial charge in [-0.15, -0.1) is 0 Å². The quantitative estimate of drug-likeness (QED) is 0.787. The highest BCUT2D eigenvalue weighted by molar-refractivity contribution is 7.92. The number of halogens is 1. The molecule has 6 nitrogen and oxygen atoms in total. The lowest BCUT2D eigenvalue weighted by atomic mass is 10.1. The Morgan fingerprint density at radius 3 is 2.07 bits per heavy atom. The van der Waals surface area contributed by atoms with E-state index in [1.807, 2.05) is 6.07 Å². The van der Waals surface area contributed by atoms with Gasteiger partial charge in [0.05, 0.1) is 21.2 Å². The third-order valence-corrected chi connectivity index (χ3v) is 7.21. The lowest BCUT2D eigenvalue weighted by Gasteiger charge is -2.30. The molecule has 9 heteroatoms. The normalized spacial score (nSPS) is 15.6. The van der Waals surface area contributed by atoms with Gasteiger partial charge in [0, 0.05) is 24.4 Å². The molecule has 0 unspecified atom stereocenters. The van der Waals surface area contributed by atoms with Gasteiger partial charge in [0.15, 0.2) is 9.84 Å². The lowest BCUT2D eigenvalue weighted by Crippen LogP contribution is -2.30. The van der Waals surface area contributed by atoms with E-state index in [0.29, 0.717) is 10.7 Å². The topological polar surface area (TPSA) is 83.5 Å². The number of nitrogens with zero attached hydrogens (tertiary/aromatic N) is 1. The van der Waals surface area contributed by atoms with Gasteiger partial charge in [-0.05, 0) is 61.7 Å². The Morgan fingerprint density at radius 1 is 0.889 bits per heavy atom. The van der Waals surface area contributed by atoms with Gasteiger partial charge < -0.3 is 4.90 Å². The van der Waals surface area contributed by atoms with Crippen molar-refractivity contribution in [3.05, 3.63) is 47.5 Å². The van der Waals surface area contributed by atoms with Crippen LogP contribution in [0.5, 0.6) is 0 Å². The van der Waals surface area contributed by atoms with E-state index >= 15 is 0 Å². The summed E-state index contributed by atoms with van der Waals surface area (Å²) in [5.74, 6) is 0. The molecule has 2 aromatic carbocycles. The zero-order chi connectivity index (χ0) is 19.7. The molecule has 0 saturated carbocycles. The average molecular weight is 429 g/mol. The molecule has 0 spiro atoms. The number of rotatable bonds is 5. The van der Waals surface area contributed by atoms with Crippen molar-refractivity contribution in [2.75, 3.05) is 29.0 Å². The largest absolute Gasteiger partial charge is 0.370 e. The fraction of sp³-hybridized carbons (Fsp3) is 0.333. The fourth-order valence-corrected chi connectivity index (χ4v) is 4.94. The minimum absolute atomic E-state index is 0.0144. The number of sulfonamides is 1. The van der Waals surface area contributed by atoms with Crippen LogP contribution in [0.1, 0.15) is 19.3 Å². The monoisotopic (exact) mass is 428 g/mol. The van der Waals surface area contributed by atoms with Gasteiger partial charge in [-0.25, -0.2) is 16.8 Å². The van der Waals surface area contributed by atoms with E-state index in [4.69, 9.17) is 11.6 Å². The van der Waals surface area contributed by atoms with Gasteiger partial charge in [-0.3, -0.25) is 4.72 Å². The summed E-state index contributed by atoms with van der Waals surface area (Å²) in [5, 5.41) is 0.431. The molecule has 27 heavy (non-hydrogen) atoms. The molecule has 1 fully saturated rings. The van der Waals surface area contributed by atoms with Crippen molar-refractivity contribution in [2.45, 2.75) is 29.1 Å². The first-order valence-corrected chi connectivity index (χ1v) is 12.3. The first-order chi connectivity index (χ1) is 12.7. The summed E-state index contributed by atoms with van der Waals surface area (Å²) in [6.07, 6.45) is 4.35. The molecule has 1 aliphatic rings. The third kappa shape index (κ3) is 4.75. The Balaban J connectivity index is 1.92. The van der Waals surface area contributed by atoms with Crippen molar-refractivity contribution in [3.63, 3.8) is 0 Å². The molecule has 0 aliphatic carbocycles. The van der Waals surface area contributed by atoms with Crippen LogP contribution in [0.25, 0.3) is 0 Å². The van der Waals surface area contributed by atoms with E-state index in [1.54, 1.807) is 12.1 Å². The summed E-state index contributed by atoms with van der Waals surface area (Å²) in [7, 11) is -7.27. The highest BCUT2D eigenvalue weighted by Crippen LogP contribution is 2.33. The van der Waals surface area contributed by atoms with Crippen LogP contribution in [0.2, 0.25) is 5.02 Å². The summed E-state index contributed by atoms with van der Waals surface area (Å²) in [6.45, 7) is 1.72. The van der Waals surface area contributed by atoms with Gasteiger partial charge in [-0.1, -0.05) is 11.6 Å². The van der Waals surface area contributed by atoms with Crippen molar-refractivity contribution in [1.29, 1.82) is 0 Å². The number of anilines is 2. The molecule has 1 N–H and O–H groups in total. The summed E-state index contributed by atoms with van der Waals surface area (Å²) in [5.41, 5.74) is 1.20. The summed E-state index contributed by atoms with van der Waals surface area (Å²) in [4.78, 5) is 2.20. The van der Waals surface area contributed by atoms with Gasteiger partial charge >= 0.3 is 0 Å². The van der Waals surface area contributed by atoms with E-state index in [2.05, 4.69) is 9.62 Å². The maximum atomic E-state index is 12.8. The van der Waals surface area contributed by atoms with E-state index in [1.165, 1.54) is 24.3 Å². The number of hydrogen-bond donors (Lipinski definition) is 1. The van der Waals surface area contributed by atoms with Crippen LogP contribution in [0.15, 0.2) is 52.3 Å². The summed E-state index contributed by atoms with van der Waals surface area (Å²) >= 11 is 6.08. The van der Waals surface area contributed by atoms with Crippen molar-refractivity contribution >= 4 is 42.8 Å². The number of hydrogen-bond acceptors (Lipinski definition) is 5. The van der Waals surface area contributed by atoms with Crippen LogP contribution >= 0.6 is 11.6 Å². The highest BCUT2D eigenvalue weighted by atomic mass is 35.5. The van der Waals surface area contributed by atoms with Crippen molar-refractivity contribution in [2.24, 2.45) is 0 Å². The Bertz CT molecular complexity index is 1030. The van der Waals surface area contributed by atoms with Gasteiger partial charge in [0.1, 0.15) is 0 Å². The van der Waals surface area contributed by atoms with Crippen molar-refractivity contribution < 1.29 is 16.8 Å². The minimum Gasteiger partial charge on any atom is -0.370 e. The summed E-state index contributed by atoms with van der Waals surface area (Å²) < 4.78 is 51.3. The molecule has 2 aromatic rings. The van der Waals surface area contributed by atoms with Crippen LogP contribution in [0.4, 0.5) is 11.4 Å². The first-order valence-electron chi connectivity index (χ1n) is 8.54. The van der Waals surface area contributed by atoms with Crippen molar-refractivity contribution in [1.82, 2.24) is 0 Å². The second-order valence-electron chi connectivity index (χ2n) is 6.56. The minimum atomic E-state index is -3.88. The molecule has 0 amide bonds. The smallest absolute Gasteiger partial charge is 0.261 e. The van der Waals surface area contributed by atoms with Crippen LogP contribution in [-0.2, 0) is 19.9 Å². The van der Waals surface area contributed by atoms with Crippen LogP contribution in [0, 0.1) is 0 Å². The van der Waals surface area contributed by atoms with Crippen LogP contribution in [0.3, 0.4) is 0 Å². The van der Waals surface area contributed by atoms with E-state index < -0.39 is 19.9 Å². The lowest BCUT2D eigenvalue weighted by molar-refractivity contribution is 0.578. The van der Waals surface area contributed by atoms with Gasteiger partial charge in [0.25, 0.3) is 10.0 Å². The van der Waals surface area contributed by atoms with E-state index in [9.17, 15) is 16.8 Å². The third-order valence-electron chi connectivity index (χ3n) is 4.46. The van der Waals surface area contributed by atoms with Gasteiger partial charge in [0.2, 0.25) is 0 Å². The molecule has 1 saturated heterocycles. The molecule has 1 heterocycles. The SMILES string of the molecule is CS(=O)(=O)c1ccc(S(=O)(=O)Nc2cc(Cl)ccc2N2CCCCC2)cc1. The zero-order valence-corrected chi connectivity index (χ0v) is 17.2. The predicted octanol–water partition coefficient (Wildman–Crippen LogP) is 3.53. The molecule has 0 radical (unpaired) electrons. The number of piperidine rings is 1. The maximum Gasteiger partial charge on any atom is 0.261 e. The van der Waals surface area contributed by atoms with Crippen LogP contribution < -0.4 is 9.62 Å². The molecule has 3 rings (SSSR count). The average Bonchev–Trinajstić information content (AvgIpc) is 2.62. The standard InChI is InChI=1S/C18H21ClN2O4S2/c1-26(22,23)15-6-8-16(9-7-15)27(24,25)20-17-13-14(19)5-10-18(17)21-11-3-2-4-12-21/h5-10,13,20H,2-4,11-12H2,1H3. The number of nitrogens with one attached hydrogen (secondary N) is 1. The Morgan fingerprint density at radius 2 is 1.48 bits per heavy atom. The van der Waals surface area contributed by atoms with Crippen molar-refractivity contribution in [3.8, 4) is 0 Å². The first kappa shape index (κ1) is 20.0. The Hall–Kier alpha value is -1.77. The Labute approximate surface area is 165 Å². The number of sulfone groups is 1. The predicted molar refractivity (Wildman–Crippen MR) is 108 cm³/mol. The molecule has 1 aliphatic heterocycles. The van der Waals surface area contributed by atoms with Gasteiger partial charge in [-0.2, -0.15) is 0 Å². The second kappa shape index (κ2) is 7.69. The fourth-order valence-electron chi connectivity index (χ4n) is 3.07. The van der Waals surface area contributed by atoms with E-state index in [-0.39, 0.29) is 9.79 Å². The Kier molecular flexibility index (Phi) is 5.69. The molecule has 0 atom stereocenters. The van der Waals surface area contributed by atoms with Crippen LogP contribution in [-0.4, -0.2) is 36.2 Å². The molecule has 0 bridgehead atoms. The van der Waals surface area contributed by atoms with E-state index in [0.717, 1.165) is 44.3 Å². The maximum absolute atomic E-state index is 12.8. The highest BCUT2D eigenvalue weighted by Gasteiger charge is 2.20. The number of benzene rings is 2. The second-order valence-corrected chi connectivity index (χ2v) is 10.7. The molecular weight excluding hydrogens is 408 g/mol. The zero-order valence-electron chi connectivity index (χ0n) is 14.9. The molecule has 146 valence electrons. The molecule has 0 aromatic heterocycles. The summed E-state index contributed by atoms with van der Waals surface area (Å²) in [6, 6.07) is 10.3.